The van der Waals surface area contributed by atoms with Crippen molar-refractivity contribution in [3.05, 3.63) is 149 Å². The lowest BCUT2D eigenvalue weighted by Gasteiger charge is -2.19. The highest BCUT2D eigenvalue weighted by atomic mass is 35.5. The molecule has 8 heteroatoms. The first-order valence-corrected chi connectivity index (χ1v) is 15.5. The second kappa shape index (κ2) is 14.4. The number of benzene rings is 5. The highest BCUT2D eigenvalue weighted by molar-refractivity contribution is 6.31. The van der Waals surface area contributed by atoms with Crippen LogP contribution in [0.3, 0.4) is 0 Å². The number of halogens is 1. The number of carboxylic acids is 1. The van der Waals surface area contributed by atoms with E-state index in [4.69, 9.17) is 16.3 Å². The van der Waals surface area contributed by atoms with Crippen molar-refractivity contribution in [2.45, 2.75) is 38.6 Å². The summed E-state index contributed by atoms with van der Waals surface area (Å²) < 4.78 is 6.10. The quantitative estimate of drug-likeness (QED) is 0.141. The van der Waals surface area contributed by atoms with Crippen molar-refractivity contribution in [2.24, 2.45) is 0 Å². The van der Waals surface area contributed by atoms with Gasteiger partial charge in [-0.2, -0.15) is 0 Å². The molecular formula is C39H35ClN2O5. The van der Waals surface area contributed by atoms with Gasteiger partial charge in [-0.1, -0.05) is 105 Å². The number of amides is 2. The summed E-state index contributed by atoms with van der Waals surface area (Å²) in [7, 11) is 0. The molecule has 0 aromatic heterocycles. The van der Waals surface area contributed by atoms with Crippen LogP contribution in [0.2, 0.25) is 5.02 Å². The molecule has 47 heavy (non-hydrogen) atoms. The zero-order valence-electron chi connectivity index (χ0n) is 26.3. The third-order valence-electron chi connectivity index (χ3n) is 7.65. The van der Waals surface area contributed by atoms with Crippen LogP contribution in [-0.4, -0.2) is 28.9 Å². The van der Waals surface area contributed by atoms with Gasteiger partial charge in [-0.15, -0.1) is 0 Å². The summed E-state index contributed by atoms with van der Waals surface area (Å²) in [5, 5.41) is 15.6. The van der Waals surface area contributed by atoms with E-state index in [1.54, 1.807) is 18.2 Å². The molecule has 0 unspecified atom stereocenters. The normalized spacial score (nSPS) is 11.7. The number of para-hydroxylation sites is 2. The SMILES string of the molecule is CC(C)(C)c1ccc(C(=O)Nc2ccc(Cl)cc2C(=O)N[C@@H](Cc2ccc(-c3ccccc3Oc3ccccc3)cc2)C(=O)O)cc1. The van der Waals surface area contributed by atoms with Gasteiger partial charge >= 0.3 is 5.97 Å². The second-order valence-corrected chi connectivity index (χ2v) is 12.6. The van der Waals surface area contributed by atoms with Crippen LogP contribution < -0.4 is 15.4 Å². The van der Waals surface area contributed by atoms with Gasteiger partial charge in [0, 0.05) is 22.6 Å². The Kier molecular flexibility index (Phi) is 10.1. The zero-order chi connectivity index (χ0) is 33.6. The maximum atomic E-state index is 13.4. The number of hydrogen-bond acceptors (Lipinski definition) is 4. The summed E-state index contributed by atoms with van der Waals surface area (Å²) in [5.41, 5.74) is 4.17. The molecule has 0 aliphatic carbocycles. The summed E-state index contributed by atoms with van der Waals surface area (Å²) in [6.07, 6.45) is 0.0336. The van der Waals surface area contributed by atoms with Crippen molar-refractivity contribution in [3.8, 4) is 22.6 Å². The van der Waals surface area contributed by atoms with Gasteiger partial charge in [-0.05, 0) is 70.6 Å². The lowest BCUT2D eigenvalue weighted by molar-refractivity contribution is -0.139. The van der Waals surface area contributed by atoms with Crippen molar-refractivity contribution in [3.63, 3.8) is 0 Å². The van der Waals surface area contributed by atoms with E-state index in [0.29, 0.717) is 22.6 Å². The average Bonchev–Trinajstić information content (AvgIpc) is 3.06. The highest BCUT2D eigenvalue weighted by Gasteiger charge is 2.24. The van der Waals surface area contributed by atoms with Crippen LogP contribution in [0.1, 0.15) is 52.6 Å². The molecule has 0 heterocycles. The molecule has 0 bridgehead atoms. The van der Waals surface area contributed by atoms with Gasteiger partial charge in [0.1, 0.15) is 17.5 Å². The number of carbonyl (C=O) groups is 3. The first kappa shape index (κ1) is 33.0. The Balaban J connectivity index is 1.29. The van der Waals surface area contributed by atoms with E-state index in [1.165, 1.54) is 12.1 Å². The fraction of sp³-hybridized carbons (Fsp3) is 0.154. The predicted octanol–water partition coefficient (Wildman–Crippen LogP) is 8.77. The predicted molar refractivity (Wildman–Crippen MR) is 186 cm³/mol. The third-order valence-corrected chi connectivity index (χ3v) is 7.89. The first-order valence-electron chi connectivity index (χ1n) is 15.1. The van der Waals surface area contributed by atoms with Crippen molar-refractivity contribution in [1.82, 2.24) is 5.32 Å². The number of carbonyl (C=O) groups excluding carboxylic acids is 2. The van der Waals surface area contributed by atoms with E-state index < -0.39 is 23.8 Å². The summed E-state index contributed by atoms with van der Waals surface area (Å²) in [4.78, 5) is 38.8. The first-order chi connectivity index (χ1) is 22.5. The van der Waals surface area contributed by atoms with Crippen molar-refractivity contribution >= 4 is 35.1 Å². The number of ether oxygens (including phenoxy) is 1. The van der Waals surface area contributed by atoms with Gasteiger partial charge < -0.3 is 20.5 Å². The Morgan fingerprint density at radius 3 is 2.11 bits per heavy atom. The van der Waals surface area contributed by atoms with E-state index in [-0.39, 0.29) is 28.1 Å². The molecule has 238 valence electrons. The average molecular weight is 647 g/mol. The molecular weight excluding hydrogens is 612 g/mol. The standard InChI is InChI=1S/C39H35ClN2O5/c1-39(2,3)28-19-17-27(18-20-28)36(43)41-33-22-21-29(40)24-32(33)37(44)42-34(38(45)46)23-25-13-15-26(16-14-25)31-11-7-8-12-35(31)47-30-9-5-4-6-10-30/h4-22,24,34H,23H2,1-3H3,(H,41,43)(H,42,44)(H,45,46)/t34-/m0/s1. The van der Waals surface area contributed by atoms with Crippen molar-refractivity contribution in [2.75, 3.05) is 5.32 Å². The van der Waals surface area contributed by atoms with Crippen molar-refractivity contribution in [1.29, 1.82) is 0 Å². The molecule has 0 spiro atoms. The van der Waals surface area contributed by atoms with E-state index in [0.717, 1.165) is 16.7 Å². The molecule has 5 aromatic rings. The molecule has 0 aliphatic heterocycles. The van der Waals surface area contributed by atoms with Crippen molar-refractivity contribution < 1.29 is 24.2 Å². The molecule has 5 aromatic carbocycles. The van der Waals surface area contributed by atoms with Crippen LogP contribution >= 0.6 is 11.6 Å². The Morgan fingerprint density at radius 2 is 1.45 bits per heavy atom. The third kappa shape index (κ3) is 8.45. The Hall–Kier alpha value is -5.40. The summed E-state index contributed by atoms with van der Waals surface area (Å²) in [6.45, 7) is 6.26. The number of carboxylic acid groups (broad SMARTS) is 1. The number of rotatable bonds is 10. The summed E-state index contributed by atoms with van der Waals surface area (Å²) in [6, 6.07) is 35.1. The minimum atomic E-state index is -1.24. The smallest absolute Gasteiger partial charge is 0.326 e. The van der Waals surface area contributed by atoms with E-state index >= 15 is 0 Å². The van der Waals surface area contributed by atoms with E-state index in [1.807, 2.05) is 91.0 Å². The monoisotopic (exact) mass is 646 g/mol. The topological polar surface area (TPSA) is 105 Å². The lowest BCUT2D eigenvalue weighted by Crippen LogP contribution is -2.42. The lowest BCUT2D eigenvalue weighted by atomic mass is 9.86. The molecule has 0 saturated heterocycles. The number of anilines is 1. The Morgan fingerprint density at radius 1 is 0.787 bits per heavy atom. The maximum absolute atomic E-state index is 13.4. The molecule has 0 aliphatic rings. The number of nitrogens with one attached hydrogen (secondary N) is 2. The van der Waals surface area contributed by atoms with E-state index in [9.17, 15) is 19.5 Å². The van der Waals surface area contributed by atoms with Gasteiger partial charge in [0.05, 0.1) is 11.3 Å². The largest absolute Gasteiger partial charge is 0.480 e. The minimum absolute atomic E-state index is 0.0336. The second-order valence-electron chi connectivity index (χ2n) is 12.1. The van der Waals surface area contributed by atoms with Gasteiger partial charge in [0.15, 0.2) is 0 Å². The highest BCUT2D eigenvalue weighted by Crippen LogP contribution is 2.33. The van der Waals surface area contributed by atoms with Gasteiger partial charge in [0.25, 0.3) is 11.8 Å². The molecule has 1 atom stereocenters. The molecule has 3 N–H and O–H groups in total. The molecule has 7 nitrogen and oxygen atoms in total. The fourth-order valence-electron chi connectivity index (χ4n) is 5.03. The number of hydrogen-bond donors (Lipinski definition) is 3. The summed E-state index contributed by atoms with van der Waals surface area (Å²) in [5.74, 6) is -0.882. The summed E-state index contributed by atoms with van der Waals surface area (Å²) >= 11 is 6.21. The Bertz CT molecular complexity index is 1880. The van der Waals surface area contributed by atoms with Crippen LogP contribution in [0.25, 0.3) is 11.1 Å². The fourth-order valence-corrected chi connectivity index (χ4v) is 5.20. The molecule has 2 amide bonds. The van der Waals surface area contributed by atoms with Crippen LogP contribution in [0.15, 0.2) is 121 Å². The minimum Gasteiger partial charge on any atom is -0.480 e. The Labute approximate surface area is 279 Å². The molecule has 0 radical (unpaired) electrons. The van der Waals surface area contributed by atoms with Crippen LogP contribution in [0, 0.1) is 0 Å². The maximum Gasteiger partial charge on any atom is 0.326 e. The van der Waals surface area contributed by atoms with E-state index in [2.05, 4.69) is 31.4 Å². The van der Waals surface area contributed by atoms with Crippen LogP contribution in [0.5, 0.6) is 11.5 Å². The van der Waals surface area contributed by atoms with Gasteiger partial charge in [-0.3, -0.25) is 9.59 Å². The van der Waals surface area contributed by atoms with Gasteiger partial charge in [0.2, 0.25) is 0 Å². The molecule has 0 fully saturated rings. The van der Waals surface area contributed by atoms with Gasteiger partial charge in [-0.25, -0.2) is 4.79 Å². The molecule has 0 saturated carbocycles. The molecule has 5 rings (SSSR count). The zero-order valence-corrected chi connectivity index (χ0v) is 27.0. The van der Waals surface area contributed by atoms with Crippen LogP contribution in [0.4, 0.5) is 5.69 Å². The number of aliphatic carboxylic acids is 1. The van der Waals surface area contributed by atoms with Crippen LogP contribution in [-0.2, 0) is 16.6 Å².